The first-order chi connectivity index (χ1) is 18.0. The van der Waals surface area contributed by atoms with Crippen LogP contribution in [0.1, 0.15) is 52.7 Å². The smallest absolute Gasteiger partial charge is 0.353 e. The summed E-state index contributed by atoms with van der Waals surface area (Å²) < 4.78 is 44.6. The topological polar surface area (TPSA) is 165 Å². The highest BCUT2D eigenvalue weighted by Crippen LogP contribution is 2.53. The second-order valence-corrected chi connectivity index (χ2v) is 12.8. The molecule has 4 heterocycles. The Kier molecular flexibility index (Phi) is 10.6. The molecule has 0 saturated carbocycles. The number of fused-ring (bicyclic) bond motifs is 3. The van der Waals surface area contributed by atoms with Crippen LogP contribution in [0.15, 0.2) is 33.7 Å². The van der Waals surface area contributed by atoms with Gasteiger partial charge in [-0.25, -0.2) is 9.46 Å². The minimum absolute atomic E-state index is 0.0777. The van der Waals surface area contributed by atoms with E-state index in [1.165, 1.54) is 36.9 Å². The van der Waals surface area contributed by atoms with Crippen LogP contribution in [0.4, 0.5) is 0 Å². The van der Waals surface area contributed by atoms with Gasteiger partial charge in [-0.1, -0.05) is 0 Å². The van der Waals surface area contributed by atoms with E-state index in [0.29, 0.717) is 19.3 Å². The second-order valence-electron chi connectivity index (χ2n) is 9.46. The summed E-state index contributed by atoms with van der Waals surface area (Å²) in [5.41, 5.74) is -2.27. The van der Waals surface area contributed by atoms with Crippen LogP contribution in [0.3, 0.4) is 0 Å². The number of hydrogen-bond donors (Lipinski definition) is 2. The van der Waals surface area contributed by atoms with E-state index in [4.69, 9.17) is 28.3 Å². The summed E-state index contributed by atoms with van der Waals surface area (Å²) in [5, 5.41) is 8.79. The number of nitriles is 1. The molecule has 2 N–H and O–H groups in total. The molecular formula is C23H36N4O9P2. The number of ether oxygens (including phenoxy) is 2. The Hall–Kier alpha value is -1.71. The minimum atomic E-state index is -3.55. The van der Waals surface area contributed by atoms with Crippen LogP contribution in [-0.2, 0) is 27.6 Å². The predicted octanol–water partition coefficient (Wildman–Crippen LogP) is 2.99. The van der Waals surface area contributed by atoms with Crippen molar-refractivity contribution in [1.82, 2.24) is 14.2 Å². The van der Waals surface area contributed by atoms with Gasteiger partial charge in [0.05, 0.1) is 25.2 Å². The van der Waals surface area contributed by atoms with Gasteiger partial charge in [-0.3, -0.25) is 18.9 Å². The van der Waals surface area contributed by atoms with Crippen molar-refractivity contribution in [1.29, 1.82) is 5.26 Å². The third kappa shape index (κ3) is 6.89. The van der Waals surface area contributed by atoms with Crippen molar-refractivity contribution in [2.45, 2.75) is 82.6 Å². The van der Waals surface area contributed by atoms with Crippen LogP contribution < -0.4 is 11.2 Å². The molecule has 6 atom stereocenters. The molecule has 1 aromatic rings. The molecule has 3 aliphatic heterocycles. The van der Waals surface area contributed by atoms with Gasteiger partial charge in [-0.2, -0.15) is 5.26 Å². The van der Waals surface area contributed by atoms with Crippen LogP contribution >= 0.6 is 16.1 Å². The number of hydrogen-bond acceptors (Lipinski definition) is 11. The summed E-state index contributed by atoms with van der Waals surface area (Å²) in [5.74, 6) is 1.33. The number of aromatic nitrogens is 2. The van der Waals surface area contributed by atoms with E-state index < -0.39 is 51.4 Å². The molecule has 13 nitrogen and oxygen atoms in total. The Morgan fingerprint density at radius 3 is 2.71 bits per heavy atom. The summed E-state index contributed by atoms with van der Waals surface area (Å²) in [6.45, 7) is 5.91. The number of aromatic amines is 1. The molecule has 212 valence electrons. The van der Waals surface area contributed by atoms with Crippen molar-refractivity contribution in [3.05, 3.63) is 45.0 Å². The highest BCUT2D eigenvalue weighted by Gasteiger charge is 2.55. The van der Waals surface area contributed by atoms with Crippen molar-refractivity contribution in [2.75, 3.05) is 20.8 Å². The highest BCUT2D eigenvalue weighted by molar-refractivity contribution is 7.57. The van der Waals surface area contributed by atoms with Crippen molar-refractivity contribution in [3.8, 4) is 6.07 Å². The van der Waals surface area contributed by atoms with Crippen molar-refractivity contribution < 1.29 is 32.5 Å². The van der Waals surface area contributed by atoms with E-state index in [9.17, 15) is 19.0 Å². The summed E-state index contributed by atoms with van der Waals surface area (Å²) in [7, 11) is -2.96. The van der Waals surface area contributed by atoms with Gasteiger partial charge in [0.1, 0.15) is 11.7 Å². The monoisotopic (exact) mass is 574 g/mol. The summed E-state index contributed by atoms with van der Waals surface area (Å²) in [6.07, 6.45) is 2.71. The van der Waals surface area contributed by atoms with Gasteiger partial charge in [0.2, 0.25) is 0 Å². The van der Waals surface area contributed by atoms with E-state index in [-0.39, 0.29) is 25.1 Å². The van der Waals surface area contributed by atoms with Gasteiger partial charge in [-0.15, -0.1) is 0 Å². The van der Waals surface area contributed by atoms with E-state index in [1.54, 1.807) is 6.08 Å². The van der Waals surface area contributed by atoms with Crippen LogP contribution in [0.2, 0.25) is 0 Å². The molecule has 1 aromatic heterocycles. The zero-order valence-corrected chi connectivity index (χ0v) is 24.0. The Bertz CT molecular complexity index is 1170. The largest absolute Gasteiger partial charge is 0.367 e. The average molecular weight is 575 g/mol. The van der Waals surface area contributed by atoms with Gasteiger partial charge in [-0.05, 0) is 46.1 Å². The molecule has 4 rings (SSSR count). The molecule has 0 aliphatic carbocycles. The van der Waals surface area contributed by atoms with Gasteiger partial charge in [0, 0.05) is 44.4 Å². The fraction of sp³-hybridized carbons (Fsp3) is 0.696. The van der Waals surface area contributed by atoms with Crippen molar-refractivity contribution in [2.24, 2.45) is 0 Å². The molecule has 15 heteroatoms. The lowest BCUT2D eigenvalue weighted by molar-refractivity contribution is -0.313. The number of rotatable bonds is 13. The van der Waals surface area contributed by atoms with E-state index in [2.05, 4.69) is 4.98 Å². The Balaban J connectivity index is 1.93. The quantitative estimate of drug-likeness (QED) is 0.263. The van der Waals surface area contributed by atoms with Crippen molar-refractivity contribution in [3.63, 3.8) is 0 Å². The highest BCUT2D eigenvalue weighted by atomic mass is 31.2. The lowest BCUT2D eigenvalue weighted by Gasteiger charge is -2.54. The molecule has 0 aromatic carbocycles. The Labute approximate surface area is 222 Å². The molecule has 0 radical (unpaired) electrons. The lowest BCUT2D eigenvalue weighted by Crippen LogP contribution is -2.62. The predicted molar refractivity (Wildman–Crippen MR) is 139 cm³/mol. The fourth-order valence-corrected chi connectivity index (χ4v) is 6.91. The zero-order valence-electron chi connectivity index (χ0n) is 22.2. The first kappa shape index (κ1) is 30.8. The van der Waals surface area contributed by atoms with E-state index >= 15 is 0 Å². The Morgan fingerprint density at radius 2 is 2.11 bits per heavy atom. The van der Waals surface area contributed by atoms with E-state index in [1.807, 2.05) is 31.5 Å². The normalized spacial score (nSPS) is 27.2. The first-order valence-corrected chi connectivity index (χ1v) is 15.1. The number of H-pyrrole nitrogens is 1. The van der Waals surface area contributed by atoms with Gasteiger partial charge < -0.3 is 27.9 Å². The van der Waals surface area contributed by atoms with Crippen molar-refractivity contribution >= 4 is 16.1 Å². The molecule has 0 spiro atoms. The van der Waals surface area contributed by atoms with Crippen LogP contribution in [0.25, 0.3) is 0 Å². The maximum absolute atomic E-state index is 12.8. The van der Waals surface area contributed by atoms with Gasteiger partial charge in [0.25, 0.3) is 14.1 Å². The maximum atomic E-state index is 12.8. The van der Waals surface area contributed by atoms with Crippen LogP contribution in [-0.4, -0.2) is 69.8 Å². The molecular weight excluding hydrogens is 538 g/mol. The zero-order chi connectivity index (χ0) is 28.1. The molecule has 2 bridgehead atoms. The third-order valence-electron chi connectivity index (χ3n) is 6.69. The molecule has 0 amide bonds. The van der Waals surface area contributed by atoms with Gasteiger partial charge >= 0.3 is 13.3 Å². The summed E-state index contributed by atoms with van der Waals surface area (Å²) >= 11 is 0. The molecule has 3 aliphatic rings. The maximum Gasteiger partial charge on any atom is 0.353 e. The van der Waals surface area contributed by atoms with Gasteiger partial charge in [0.15, 0.2) is 6.23 Å². The Morgan fingerprint density at radius 1 is 1.39 bits per heavy atom. The molecule has 3 fully saturated rings. The first-order valence-electron chi connectivity index (χ1n) is 12.3. The van der Waals surface area contributed by atoms with E-state index in [0.717, 1.165) is 0 Å². The number of nitrogens with one attached hydrogen (secondary N) is 1. The fourth-order valence-electron chi connectivity index (χ4n) is 4.86. The van der Waals surface area contributed by atoms with Crippen LogP contribution in [0, 0.1) is 11.3 Å². The SMILES string of the molecule is COP(=O)(/C=C/C12CC[C@@H](O[C@@H]1CC(C)N(C(C)C)P(O)OCCC#N)C(n1ccc(=O)[nH]c1=O)O2)OC. The third-order valence-corrected chi connectivity index (χ3v) is 9.89. The summed E-state index contributed by atoms with van der Waals surface area (Å²) in [6, 6.07) is 2.91. The second kappa shape index (κ2) is 13.1. The lowest BCUT2D eigenvalue weighted by atomic mass is 9.80. The summed E-state index contributed by atoms with van der Waals surface area (Å²) in [4.78, 5) is 37.1. The number of nitrogens with zero attached hydrogens (tertiary/aromatic N) is 3. The molecule has 3 saturated heterocycles. The molecule has 4 unspecified atom stereocenters. The molecule has 38 heavy (non-hydrogen) atoms. The van der Waals surface area contributed by atoms with Crippen LogP contribution in [0.5, 0.6) is 0 Å². The average Bonchev–Trinajstić information content (AvgIpc) is 2.88. The minimum Gasteiger partial charge on any atom is -0.367 e. The standard InChI is InChI=1S/C23H36N4O9P2/c1-16(2)27(37(30)34-13-6-11-24)17(3)15-19-23(10-14-38(31,32-4)33-5)9-7-18(35-19)21(36-23)26-12-8-20(28)25-22(26)29/h8,10,12,14,16-19,21,30H,6-7,9,13,15H2,1-5H3,(H,25,28,29)/b14-10+/t17?,18-,19-,21?,23?,37?/m1/s1.